The van der Waals surface area contributed by atoms with Crippen LogP contribution in [0.4, 0.5) is 17.1 Å². The predicted molar refractivity (Wildman–Crippen MR) is 193 cm³/mol. The van der Waals surface area contributed by atoms with E-state index in [1.54, 1.807) is 72.8 Å². The van der Waals surface area contributed by atoms with Gasteiger partial charge in [0.25, 0.3) is 0 Å². The number of hydrogen-bond acceptors (Lipinski definition) is 2. The summed E-state index contributed by atoms with van der Waals surface area (Å²) in [6.45, 7) is 0. The van der Waals surface area contributed by atoms with E-state index in [1.807, 2.05) is 66.7 Å². The van der Waals surface area contributed by atoms with Crippen LogP contribution in [0.1, 0.15) is 11.0 Å². The van der Waals surface area contributed by atoms with E-state index >= 15 is 0 Å². The largest absolute Gasteiger partial charge is 0.456 e. The molecule has 0 bridgehead atoms. The van der Waals surface area contributed by atoms with E-state index in [2.05, 4.69) is 0 Å². The normalized spacial score (nSPS) is 13.5. The molecule has 2 nitrogen and oxygen atoms in total. The van der Waals surface area contributed by atoms with E-state index < -0.39 is 24.2 Å². The van der Waals surface area contributed by atoms with Crippen molar-refractivity contribution in [2.45, 2.75) is 0 Å². The Morgan fingerprint density at radius 2 is 0.891 bits per heavy atom. The smallest absolute Gasteiger partial charge is 0.136 e. The molecular formula is C44H31NO. The molecule has 1 heterocycles. The van der Waals surface area contributed by atoms with Crippen molar-refractivity contribution in [1.82, 2.24) is 0 Å². The molecule has 0 unspecified atom stereocenters. The molecule has 0 aliphatic carbocycles. The number of nitrogens with zero attached hydrogens (tertiary/aromatic N) is 1. The Hall–Kier alpha value is -6.12. The standard InChI is InChI=1S/C44H31NO/c1-3-11-32(12-4-1)34-19-25-38(26-20-34)45(39-27-21-35(22-28-39)33-13-5-2-6-14-33)40-29-23-36(24-30-40)41-16-8-9-17-42(41)44-31-37-15-7-10-18-43(37)46-44/h1-31H/i19D,20D,21D,22D,25D,26D,27D,28D. The Bertz CT molecular complexity index is 2500. The highest BCUT2D eigenvalue weighted by atomic mass is 16.3. The van der Waals surface area contributed by atoms with E-state index in [-0.39, 0.29) is 46.7 Å². The quantitative estimate of drug-likeness (QED) is 0.182. The van der Waals surface area contributed by atoms with Crippen molar-refractivity contribution in [2.75, 3.05) is 4.90 Å². The molecule has 218 valence electrons. The van der Waals surface area contributed by atoms with Gasteiger partial charge in [0.1, 0.15) is 11.3 Å². The molecule has 2 heteroatoms. The first-order valence-electron chi connectivity index (χ1n) is 19.0. The van der Waals surface area contributed by atoms with Crippen LogP contribution in [0.2, 0.25) is 0 Å². The van der Waals surface area contributed by atoms with Crippen LogP contribution in [0, 0.1) is 0 Å². The summed E-state index contributed by atoms with van der Waals surface area (Å²) in [4.78, 5) is 1.32. The maximum Gasteiger partial charge on any atom is 0.136 e. The minimum Gasteiger partial charge on any atom is -0.456 e. The van der Waals surface area contributed by atoms with Gasteiger partial charge >= 0.3 is 0 Å². The molecule has 46 heavy (non-hydrogen) atoms. The van der Waals surface area contributed by atoms with E-state index in [1.165, 1.54) is 4.90 Å². The van der Waals surface area contributed by atoms with Crippen LogP contribution >= 0.6 is 0 Å². The van der Waals surface area contributed by atoms with Gasteiger partial charge < -0.3 is 9.32 Å². The Balaban J connectivity index is 1.34. The first kappa shape index (κ1) is 20.0. The van der Waals surface area contributed by atoms with Crippen LogP contribution in [-0.2, 0) is 0 Å². The van der Waals surface area contributed by atoms with Crippen LogP contribution < -0.4 is 4.90 Å². The van der Waals surface area contributed by atoms with Gasteiger partial charge in [0, 0.05) is 28.0 Å². The minimum atomic E-state index is -0.391. The van der Waals surface area contributed by atoms with Crippen LogP contribution in [-0.4, -0.2) is 0 Å². The van der Waals surface area contributed by atoms with Gasteiger partial charge in [-0.25, -0.2) is 0 Å². The van der Waals surface area contributed by atoms with E-state index in [9.17, 15) is 5.48 Å². The molecule has 0 radical (unpaired) electrons. The molecule has 0 saturated carbocycles. The van der Waals surface area contributed by atoms with Gasteiger partial charge in [0.05, 0.1) is 11.0 Å². The molecule has 0 amide bonds. The first-order valence-corrected chi connectivity index (χ1v) is 15.0. The van der Waals surface area contributed by atoms with Crippen LogP contribution in [0.3, 0.4) is 0 Å². The summed E-state index contributed by atoms with van der Waals surface area (Å²) in [5.41, 5.74) is 4.50. The van der Waals surface area contributed by atoms with Gasteiger partial charge in [-0.2, -0.15) is 0 Å². The molecule has 1 aromatic heterocycles. The fourth-order valence-electron chi connectivity index (χ4n) is 5.56. The molecule has 0 fully saturated rings. The Morgan fingerprint density at radius 1 is 0.391 bits per heavy atom. The lowest BCUT2D eigenvalue weighted by atomic mass is 9.97. The number of fused-ring (bicyclic) bond motifs is 1. The SMILES string of the molecule is [2H]c1c([2H])c(N(c2ccc(-c3ccccc3-c3cc4ccccc4o3)cc2)c2c([2H])c([2H])c(-c3ccccc3)c([2H])c2[2H])c([2H])c([2H])c1-c1ccccc1. The number of anilines is 3. The zero-order valence-corrected chi connectivity index (χ0v) is 24.6. The van der Waals surface area contributed by atoms with Gasteiger partial charge in [0.2, 0.25) is 0 Å². The zero-order valence-electron chi connectivity index (χ0n) is 32.6. The third kappa shape index (κ3) is 5.38. The maximum absolute atomic E-state index is 9.26. The Kier molecular flexibility index (Phi) is 5.27. The summed E-state index contributed by atoms with van der Waals surface area (Å²) in [6.07, 6.45) is 0. The fourth-order valence-corrected chi connectivity index (χ4v) is 5.56. The van der Waals surface area contributed by atoms with Crippen molar-refractivity contribution in [1.29, 1.82) is 0 Å². The second-order valence-electron chi connectivity index (χ2n) is 10.8. The van der Waals surface area contributed by atoms with Crippen LogP contribution in [0.15, 0.2) is 192 Å². The molecule has 7 aromatic carbocycles. The monoisotopic (exact) mass is 597 g/mol. The molecule has 0 aliphatic heterocycles. The van der Waals surface area contributed by atoms with Gasteiger partial charge in [-0.05, 0) is 81.8 Å². The molecular weight excluding hydrogens is 558 g/mol. The Morgan fingerprint density at radius 3 is 1.46 bits per heavy atom. The molecule has 8 rings (SSSR count). The van der Waals surface area contributed by atoms with E-state index in [0.29, 0.717) is 22.6 Å². The van der Waals surface area contributed by atoms with E-state index in [4.69, 9.17) is 9.90 Å². The second-order valence-corrected chi connectivity index (χ2v) is 10.8. The topological polar surface area (TPSA) is 16.4 Å². The minimum absolute atomic E-state index is 0.117. The number of hydrogen-bond donors (Lipinski definition) is 0. The summed E-state index contributed by atoms with van der Waals surface area (Å²) in [5.74, 6) is 0.696. The highest BCUT2D eigenvalue weighted by molar-refractivity contribution is 5.89. The number of para-hydroxylation sites is 1. The average Bonchev–Trinajstić information content (AvgIpc) is 3.64. The third-order valence-corrected chi connectivity index (χ3v) is 7.85. The zero-order chi connectivity index (χ0) is 37.7. The maximum atomic E-state index is 9.26. The van der Waals surface area contributed by atoms with Gasteiger partial charge in [-0.3, -0.25) is 0 Å². The lowest BCUT2D eigenvalue weighted by Gasteiger charge is -2.26. The van der Waals surface area contributed by atoms with Crippen molar-refractivity contribution in [2.24, 2.45) is 0 Å². The van der Waals surface area contributed by atoms with Crippen molar-refractivity contribution >= 4 is 28.0 Å². The summed E-state index contributed by atoms with van der Waals surface area (Å²) in [7, 11) is 0. The third-order valence-electron chi connectivity index (χ3n) is 7.85. The fraction of sp³-hybridized carbons (Fsp3) is 0. The van der Waals surface area contributed by atoms with Crippen LogP contribution in [0.5, 0.6) is 0 Å². The van der Waals surface area contributed by atoms with Gasteiger partial charge in [-0.15, -0.1) is 0 Å². The van der Waals surface area contributed by atoms with Crippen LogP contribution in [0.25, 0.3) is 55.7 Å². The Labute approximate surface area is 280 Å². The van der Waals surface area contributed by atoms with E-state index in [0.717, 1.165) is 27.7 Å². The average molecular weight is 598 g/mol. The van der Waals surface area contributed by atoms with Crippen molar-refractivity contribution in [3.63, 3.8) is 0 Å². The first-order chi connectivity index (χ1) is 26.2. The van der Waals surface area contributed by atoms with Gasteiger partial charge in [-0.1, -0.05) is 139 Å². The second kappa shape index (κ2) is 12.1. The molecule has 0 spiro atoms. The summed E-state index contributed by atoms with van der Waals surface area (Å²) >= 11 is 0. The number of benzene rings is 7. The lowest BCUT2D eigenvalue weighted by Crippen LogP contribution is -2.09. The lowest BCUT2D eigenvalue weighted by molar-refractivity contribution is 0.632. The molecule has 0 saturated heterocycles. The number of rotatable bonds is 7. The molecule has 0 atom stereocenters. The summed E-state index contributed by atoms with van der Waals surface area (Å²) < 4.78 is 79.5. The highest BCUT2D eigenvalue weighted by Gasteiger charge is 2.16. The summed E-state index contributed by atoms with van der Waals surface area (Å²) in [5, 5.41) is 0.977. The van der Waals surface area contributed by atoms with Gasteiger partial charge in [0.15, 0.2) is 0 Å². The highest BCUT2D eigenvalue weighted by Crippen LogP contribution is 2.40. The molecule has 8 aromatic rings. The molecule has 0 N–H and O–H groups in total. The van der Waals surface area contributed by atoms with Crippen molar-refractivity contribution in [3.8, 4) is 44.7 Å². The predicted octanol–water partition coefficient (Wildman–Crippen LogP) is 12.6. The number of furan rings is 1. The summed E-state index contributed by atoms with van der Waals surface area (Å²) in [6, 6.07) is 39.5. The molecule has 0 aliphatic rings. The van der Waals surface area contributed by atoms with Crippen molar-refractivity contribution < 1.29 is 15.4 Å². The van der Waals surface area contributed by atoms with Crippen molar-refractivity contribution in [3.05, 3.63) is 188 Å².